The standard InChI is InChI=1S/C33H42O12/c1-16-21(37)14-32(30(5,6)40)24(16)25(44-29(39)20-11-9-8-10-12-20)27(38)31(7)22(42-17(2)34)13-23-33(15-41-23,45-19(4)36)26(31)28(32)43-18(3)35/h8-12,21-23,25-28,37-38,40H,13-15H2,1-7H3/t21-,22-,23+,25+,26+,27-,28-,31+,32-,33-/m0/s1. The molecule has 0 bridgehead atoms. The van der Waals surface area contributed by atoms with Crippen molar-refractivity contribution >= 4 is 23.9 Å². The van der Waals surface area contributed by atoms with Gasteiger partial charge in [0, 0.05) is 32.6 Å². The van der Waals surface area contributed by atoms with E-state index in [1.807, 2.05) is 0 Å². The van der Waals surface area contributed by atoms with Crippen molar-refractivity contribution in [1.82, 2.24) is 0 Å². The van der Waals surface area contributed by atoms with Crippen LogP contribution in [0, 0.1) is 16.7 Å². The monoisotopic (exact) mass is 630 g/mol. The first-order valence-electron chi connectivity index (χ1n) is 15.1. The largest absolute Gasteiger partial charge is 0.462 e. The van der Waals surface area contributed by atoms with E-state index in [0.717, 1.165) is 0 Å². The molecular formula is C33H42O12. The molecule has 1 aliphatic heterocycles. The van der Waals surface area contributed by atoms with Crippen LogP contribution in [0.2, 0.25) is 0 Å². The van der Waals surface area contributed by atoms with Gasteiger partial charge in [0.15, 0.2) is 11.7 Å². The fraction of sp³-hybridized carbons (Fsp3) is 0.636. The summed E-state index contributed by atoms with van der Waals surface area (Å²) in [4.78, 5) is 51.9. The van der Waals surface area contributed by atoms with Crippen LogP contribution in [0.15, 0.2) is 41.5 Å². The number of ether oxygens (including phenoxy) is 5. The summed E-state index contributed by atoms with van der Waals surface area (Å²) in [6.45, 7) is 9.66. The Kier molecular flexibility index (Phi) is 8.21. The summed E-state index contributed by atoms with van der Waals surface area (Å²) in [5.74, 6) is -4.07. The molecule has 3 fully saturated rings. The number of rotatable bonds is 6. The van der Waals surface area contributed by atoms with Crippen molar-refractivity contribution in [1.29, 1.82) is 0 Å². The summed E-state index contributed by atoms with van der Waals surface area (Å²) >= 11 is 0. The number of hydrogen-bond donors (Lipinski definition) is 3. The molecule has 1 aromatic carbocycles. The van der Waals surface area contributed by atoms with Crippen molar-refractivity contribution in [3.8, 4) is 0 Å². The highest BCUT2D eigenvalue weighted by Gasteiger charge is 2.80. The van der Waals surface area contributed by atoms with Gasteiger partial charge in [-0.2, -0.15) is 0 Å². The van der Waals surface area contributed by atoms with E-state index in [1.54, 1.807) is 44.2 Å². The van der Waals surface area contributed by atoms with Gasteiger partial charge in [0.05, 0.1) is 35.2 Å². The normalized spacial score (nSPS) is 38.8. The molecule has 0 unspecified atom stereocenters. The minimum Gasteiger partial charge on any atom is -0.462 e. The fourth-order valence-electron chi connectivity index (χ4n) is 8.63. The molecular weight excluding hydrogens is 588 g/mol. The van der Waals surface area contributed by atoms with E-state index in [1.165, 1.54) is 34.6 Å². The molecule has 1 aromatic rings. The van der Waals surface area contributed by atoms with Crippen LogP contribution in [0.1, 0.15) is 71.7 Å². The molecule has 4 aliphatic rings. The predicted octanol–water partition coefficient (Wildman–Crippen LogP) is 2.02. The van der Waals surface area contributed by atoms with E-state index in [2.05, 4.69) is 0 Å². The van der Waals surface area contributed by atoms with E-state index in [-0.39, 0.29) is 30.6 Å². The molecule has 1 saturated heterocycles. The summed E-state index contributed by atoms with van der Waals surface area (Å²) in [6.07, 6.45) is -7.94. The zero-order chi connectivity index (χ0) is 33.3. The van der Waals surface area contributed by atoms with Crippen LogP contribution >= 0.6 is 0 Å². The molecule has 2 saturated carbocycles. The van der Waals surface area contributed by atoms with Gasteiger partial charge in [0.25, 0.3) is 0 Å². The van der Waals surface area contributed by atoms with Gasteiger partial charge in [-0.05, 0) is 50.5 Å². The number of carbonyl (C=O) groups is 4. The third-order valence-electron chi connectivity index (χ3n) is 10.6. The maximum absolute atomic E-state index is 13.7. The highest BCUT2D eigenvalue weighted by atomic mass is 16.6. The average Bonchev–Trinajstić information content (AvgIpc) is 3.18. The number of aliphatic hydroxyl groups excluding tert-OH is 2. The second-order valence-electron chi connectivity index (χ2n) is 13.5. The molecule has 10 atom stereocenters. The lowest BCUT2D eigenvalue weighted by atomic mass is 9.49. The van der Waals surface area contributed by atoms with Crippen LogP contribution in [0.3, 0.4) is 0 Å². The van der Waals surface area contributed by atoms with Crippen LogP contribution < -0.4 is 0 Å². The van der Waals surface area contributed by atoms with Crippen molar-refractivity contribution < 1.29 is 58.2 Å². The van der Waals surface area contributed by atoms with Crippen molar-refractivity contribution in [2.45, 2.75) is 109 Å². The molecule has 0 amide bonds. The number of carbonyl (C=O) groups excluding carboxylic acids is 4. The smallest absolute Gasteiger partial charge is 0.338 e. The highest BCUT2D eigenvalue weighted by molar-refractivity contribution is 5.89. The molecule has 3 N–H and O–H groups in total. The lowest BCUT2D eigenvalue weighted by molar-refractivity contribution is -0.352. The molecule has 0 aromatic heterocycles. The molecule has 12 nitrogen and oxygen atoms in total. The van der Waals surface area contributed by atoms with Crippen LogP contribution in [0.5, 0.6) is 0 Å². The number of benzene rings is 1. The minimum atomic E-state index is -1.80. The Labute approximate surface area is 261 Å². The summed E-state index contributed by atoms with van der Waals surface area (Å²) in [5, 5.41) is 36.2. The van der Waals surface area contributed by atoms with Gasteiger partial charge in [0.2, 0.25) is 0 Å². The first-order valence-corrected chi connectivity index (χ1v) is 15.1. The molecule has 0 radical (unpaired) electrons. The van der Waals surface area contributed by atoms with Gasteiger partial charge in [-0.25, -0.2) is 4.79 Å². The van der Waals surface area contributed by atoms with Gasteiger partial charge >= 0.3 is 23.9 Å². The Balaban J connectivity index is 1.87. The van der Waals surface area contributed by atoms with Crippen LogP contribution in [-0.2, 0) is 38.1 Å². The zero-order valence-electron chi connectivity index (χ0n) is 26.6. The molecule has 3 aliphatic carbocycles. The van der Waals surface area contributed by atoms with E-state index >= 15 is 0 Å². The van der Waals surface area contributed by atoms with E-state index < -0.39 is 88.5 Å². The average molecular weight is 631 g/mol. The van der Waals surface area contributed by atoms with Gasteiger partial charge < -0.3 is 39.0 Å². The van der Waals surface area contributed by atoms with Gasteiger partial charge in [0.1, 0.15) is 24.4 Å². The summed E-state index contributed by atoms with van der Waals surface area (Å²) in [5.41, 5.74) is -5.97. The molecule has 12 heteroatoms. The van der Waals surface area contributed by atoms with Gasteiger partial charge in [-0.15, -0.1) is 0 Å². The van der Waals surface area contributed by atoms with Gasteiger partial charge in [-0.3, -0.25) is 14.4 Å². The van der Waals surface area contributed by atoms with Crippen molar-refractivity contribution in [2.24, 2.45) is 16.7 Å². The van der Waals surface area contributed by atoms with Crippen LogP contribution in [0.25, 0.3) is 0 Å². The van der Waals surface area contributed by atoms with Crippen molar-refractivity contribution in [2.75, 3.05) is 6.61 Å². The Bertz CT molecular complexity index is 1410. The summed E-state index contributed by atoms with van der Waals surface area (Å²) in [7, 11) is 0. The Hall–Kier alpha value is -3.32. The quantitative estimate of drug-likeness (QED) is 0.237. The second-order valence-corrected chi connectivity index (χ2v) is 13.5. The highest BCUT2D eigenvalue weighted by Crippen LogP contribution is 2.68. The Morgan fingerprint density at radius 2 is 1.58 bits per heavy atom. The summed E-state index contributed by atoms with van der Waals surface area (Å²) < 4.78 is 30.1. The minimum absolute atomic E-state index is 0.000758. The Morgan fingerprint density at radius 3 is 2.09 bits per heavy atom. The topological polar surface area (TPSA) is 175 Å². The molecule has 5 rings (SSSR count). The zero-order valence-corrected chi connectivity index (χ0v) is 26.6. The number of fused-ring (bicyclic) bond motifs is 4. The lowest BCUT2D eigenvalue weighted by Gasteiger charge is -2.65. The van der Waals surface area contributed by atoms with Gasteiger partial charge in [-0.1, -0.05) is 25.1 Å². The predicted molar refractivity (Wildman–Crippen MR) is 155 cm³/mol. The van der Waals surface area contributed by atoms with E-state index in [4.69, 9.17) is 23.7 Å². The Morgan fingerprint density at radius 1 is 0.956 bits per heavy atom. The lowest BCUT2D eigenvalue weighted by Crippen LogP contribution is -2.79. The van der Waals surface area contributed by atoms with Crippen LogP contribution in [0.4, 0.5) is 0 Å². The number of hydrogen-bond acceptors (Lipinski definition) is 12. The number of aliphatic hydroxyl groups is 3. The first-order chi connectivity index (χ1) is 20.9. The third-order valence-corrected chi connectivity index (χ3v) is 10.6. The van der Waals surface area contributed by atoms with E-state index in [9.17, 15) is 34.5 Å². The summed E-state index contributed by atoms with van der Waals surface area (Å²) in [6, 6.07) is 8.11. The maximum atomic E-state index is 13.7. The third kappa shape index (κ3) is 4.88. The van der Waals surface area contributed by atoms with Crippen molar-refractivity contribution in [3.05, 3.63) is 47.0 Å². The molecule has 0 spiro atoms. The molecule has 45 heavy (non-hydrogen) atoms. The SMILES string of the molecule is CC(=O)O[C@H]1C[C@H]2OC[C@@]2(OC(C)=O)[C@@H]2[C@H](OC(C)=O)[C@]3(C(C)(C)O)C[C@H](O)C(C)=C3[C@@H](OC(=O)c3ccccc3)[C@H](O)[C@]12C. The fourth-order valence-corrected chi connectivity index (χ4v) is 8.63. The van der Waals surface area contributed by atoms with Crippen molar-refractivity contribution in [3.63, 3.8) is 0 Å². The molecule has 246 valence electrons. The van der Waals surface area contributed by atoms with Crippen LogP contribution in [-0.4, -0.2) is 93.6 Å². The molecule has 1 heterocycles. The van der Waals surface area contributed by atoms with E-state index in [0.29, 0.717) is 5.57 Å². The maximum Gasteiger partial charge on any atom is 0.338 e. The number of esters is 4. The first kappa shape index (κ1) is 33.1. The second kappa shape index (κ2) is 11.2.